The molecule has 1 fully saturated rings. The van der Waals surface area contributed by atoms with Crippen molar-refractivity contribution >= 4 is 29.0 Å². The predicted molar refractivity (Wildman–Crippen MR) is 112 cm³/mol. The highest BCUT2D eigenvalue weighted by Crippen LogP contribution is 2.25. The SMILES string of the molecule is O=C(Nc1cccc(Cl)c1)C1CCN(c2ccc(-c3cccc(F)c3)nn2)CC1. The molecule has 2 aromatic carbocycles. The van der Waals surface area contributed by atoms with Gasteiger partial charge in [0.15, 0.2) is 5.82 Å². The number of benzene rings is 2. The van der Waals surface area contributed by atoms with Gasteiger partial charge in [-0.15, -0.1) is 10.2 Å². The minimum Gasteiger partial charge on any atom is -0.355 e. The van der Waals surface area contributed by atoms with Crippen LogP contribution in [0.2, 0.25) is 5.02 Å². The first-order valence-corrected chi connectivity index (χ1v) is 9.87. The highest BCUT2D eigenvalue weighted by molar-refractivity contribution is 6.30. The van der Waals surface area contributed by atoms with Gasteiger partial charge in [-0.1, -0.05) is 29.8 Å². The van der Waals surface area contributed by atoms with E-state index in [1.54, 1.807) is 24.3 Å². The van der Waals surface area contributed by atoms with Crippen LogP contribution in [0.15, 0.2) is 60.7 Å². The fourth-order valence-electron chi connectivity index (χ4n) is 3.48. The Morgan fingerprint density at radius 3 is 2.52 bits per heavy atom. The summed E-state index contributed by atoms with van der Waals surface area (Å²) in [6.07, 6.45) is 1.47. The molecule has 1 aliphatic heterocycles. The molecule has 5 nitrogen and oxygen atoms in total. The summed E-state index contributed by atoms with van der Waals surface area (Å²) in [6.45, 7) is 1.45. The summed E-state index contributed by atoms with van der Waals surface area (Å²) < 4.78 is 13.4. The number of amides is 1. The molecule has 148 valence electrons. The number of nitrogens with one attached hydrogen (secondary N) is 1. The van der Waals surface area contributed by atoms with E-state index in [2.05, 4.69) is 20.4 Å². The van der Waals surface area contributed by atoms with Gasteiger partial charge < -0.3 is 10.2 Å². The number of rotatable bonds is 4. The van der Waals surface area contributed by atoms with E-state index in [1.807, 2.05) is 24.3 Å². The first-order valence-electron chi connectivity index (χ1n) is 9.49. The number of hydrogen-bond donors (Lipinski definition) is 1. The van der Waals surface area contributed by atoms with Gasteiger partial charge in [-0.3, -0.25) is 4.79 Å². The Balaban J connectivity index is 1.35. The fraction of sp³-hybridized carbons (Fsp3) is 0.227. The fourth-order valence-corrected chi connectivity index (χ4v) is 3.67. The Kier molecular flexibility index (Phi) is 5.71. The monoisotopic (exact) mass is 410 g/mol. The Hall–Kier alpha value is -2.99. The van der Waals surface area contributed by atoms with Crippen LogP contribution in [0.4, 0.5) is 15.9 Å². The number of halogens is 2. The molecule has 0 atom stereocenters. The van der Waals surface area contributed by atoms with E-state index in [0.29, 0.717) is 22.0 Å². The predicted octanol–water partition coefficient (Wildman–Crippen LogP) is 4.79. The molecule has 1 aliphatic rings. The van der Waals surface area contributed by atoms with Gasteiger partial charge >= 0.3 is 0 Å². The van der Waals surface area contributed by atoms with Crippen LogP contribution in [0.3, 0.4) is 0 Å². The summed E-state index contributed by atoms with van der Waals surface area (Å²) in [5.41, 5.74) is 2.04. The lowest BCUT2D eigenvalue weighted by molar-refractivity contribution is -0.120. The molecule has 4 rings (SSSR count). The van der Waals surface area contributed by atoms with Crippen molar-refractivity contribution in [2.75, 3.05) is 23.3 Å². The first-order chi connectivity index (χ1) is 14.1. The third-order valence-corrected chi connectivity index (χ3v) is 5.29. The van der Waals surface area contributed by atoms with E-state index in [9.17, 15) is 9.18 Å². The molecule has 1 saturated heterocycles. The zero-order valence-corrected chi connectivity index (χ0v) is 16.4. The van der Waals surface area contributed by atoms with Crippen molar-refractivity contribution in [3.05, 3.63) is 71.5 Å². The highest BCUT2D eigenvalue weighted by atomic mass is 35.5. The number of carbonyl (C=O) groups excluding carboxylic acids is 1. The van der Waals surface area contributed by atoms with E-state index in [4.69, 9.17) is 11.6 Å². The van der Waals surface area contributed by atoms with Crippen molar-refractivity contribution in [2.24, 2.45) is 5.92 Å². The summed E-state index contributed by atoms with van der Waals surface area (Å²) in [7, 11) is 0. The number of nitrogens with zero attached hydrogens (tertiary/aromatic N) is 3. The molecule has 7 heteroatoms. The van der Waals surface area contributed by atoms with Gasteiger partial charge in [-0.05, 0) is 55.3 Å². The zero-order chi connectivity index (χ0) is 20.2. The second kappa shape index (κ2) is 8.57. The molecule has 0 radical (unpaired) electrons. The van der Waals surface area contributed by atoms with Gasteiger partial charge in [0.1, 0.15) is 5.82 Å². The maximum Gasteiger partial charge on any atom is 0.227 e. The Morgan fingerprint density at radius 2 is 1.83 bits per heavy atom. The summed E-state index contributed by atoms with van der Waals surface area (Å²) >= 11 is 5.97. The third-order valence-electron chi connectivity index (χ3n) is 5.05. The van der Waals surface area contributed by atoms with Gasteiger partial charge in [0.25, 0.3) is 0 Å². The van der Waals surface area contributed by atoms with Gasteiger partial charge in [-0.2, -0.15) is 0 Å². The molecule has 29 heavy (non-hydrogen) atoms. The summed E-state index contributed by atoms with van der Waals surface area (Å²) in [6, 6.07) is 17.2. The lowest BCUT2D eigenvalue weighted by Crippen LogP contribution is -2.38. The number of aromatic nitrogens is 2. The number of hydrogen-bond acceptors (Lipinski definition) is 4. The van der Waals surface area contributed by atoms with Gasteiger partial charge in [-0.25, -0.2) is 4.39 Å². The molecular formula is C22H20ClFN4O. The number of piperidine rings is 1. The third kappa shape index (κ3) is 4.71. The lowest BCUT2D eigenvalue weighted by atomic mass is 9.96. The molecule has 0 saturated carbocycles. The lowest BCUT2D eigenvalue weighted by Gasteiger charge is -2.31. The largest absolute Gasteiger partial charge is 0.355 e. The summed E-state index contributed by atoms with van der Waals surface area (Å²) in [5, 5.41) is 12.1. The maximum absolute atomic E-state index is 13.4. The van der Waals surface area contributed by atoms with Crippen molar-refractivity contribution in [3.63, 3.8) is 0 Å². The van der Waals surface area contributed by atoms with Crippen LogP contribution in [0.1, 0.15) is 12.8 Å². The smallest absolute Gasteiger partial charge is 0.227 e. The number of carbonyl (C=O) groups is 1. The van der Waals surface area contributed by atoms with Gasteiger partial charge in [0.2, 0.25) is 5.91 Å². The number of anilines is 2. The van der Waals surface area contributed by atoms with E-state index in [1.165, 1.54) is 12.1 Å². The van der Waals surface area contributed by atoms with E-state index in [0.717, 1.165) is 31.7 Å². The average Bonchev–Trinajstić information content (AvgIpc) is 2.74. The normalized spacial score (nSPS) is 14.6. The molecule has 1 N–H and O–H groups in total. The standard InChI is InChI=1S/C22H20ClFN4O/c23-17-4-2-6-19(14-17)25-22(29)15-9-11-28(12-10-15)21-8-7-20(26-27-21)16-3-1-5-18(24)13-16/h1-8,13-15H,9-12H2,(H,25,29). The minimum atomic E-state index is -0.300. The zero-order valence-electron chi connectivity index (χ0n) is 15.7. The van der Waals surface area contributed by atoms with Crippen LogP contribution >= 0.6 is 11.6 Å². The molecule has 1 aromatic heterocycles. The first kappa shape index (κ1) is 19.3. The van der Waals surface area contributed by atoms with E-state index >= 15 is 0 Å². The second-order valence-electron chi connectivity index (χ2n) is 7.05. The molecule has 1 amide bonds. The van der Waals surface area contributed by atoms with Crippen LogP contribution < -0.4 is 10.2 Å². The van der Waals surface area contributed by atoms with Crippen LogP contribution in [0.25, 0.3) is 11.3 Å². The van der Waals surface area contributed by atoms with E-state index < -0.39 is 0 Å². The van der Waals surface area contributed by atoms with Crippen molar-refractivity contribution < 1.29 is 9.18 Å². The van der Waals surface area contributed by atoms with Crippen molar-refractivity contribution in [1.82, 2.24) is 10.2 Å². The van der Waals surface area contributed by atoms with Crippen LogP contribution in [0, 0.1) is 11.7 Å². The Morgan fingerprint density at radius 1 is 1.03 bits per heavy atom. The summed E-state index contributed by atoms with van der Waals surface area (Å²) in [4.78, 5) is 14.6. The molecule has 0 unspecified atom stereocenters. The molecule has 0 bridgehead atoms. The second-order valence-corrected chi connectivity index (χ2v) is 7.48. The Labute approximate surface area is 173 Å². The summed E-state index contributed by atoms with van der Waals surface area (Å²) in [5.74, 6) is 0.426. The van der Waals surface area contributed by atoms with Crippen LogP contribution in [-0.2, 0) is 4.79 Å². The maximum atomic E-state index is 13.4. The van der Waals surface area contributed by atoms with Crippen LogP contribution in [-0.4, -0.2) is 29.2 Å². The molecule has 0 spiro atoms. The topological polar surface area (TPSA) is 58.1 Å². The average molecular weight is 411 g/mol. The van der Waals surface area contributed by atoms with Crippen LogP contribution in [0.5, 0.6) is 0 Å². The van der Waals surface area contributed by atoms with Gasteiger partial charge in [0, 0.05) is 35.3 Å². The molecular weight excluding hydrogens is 391 g/mol. The molecule has 3 aromatic rings. The van der Waals surface area contributed by atoms with Gasteiger partial charge in [0.05, 0.1) is 5.69 Å². The highest BCUT2D eigenvalue weighted by Gasteiger charge is 2.26. The van der Waals surface area contributed by atoms with Crippen molar-refractivity contribution in [1.29, 1.82) is 0 Å². The quantitative estimate of drug-likeness (QED) is 0.671. The molecule has 2 heterocycles. The van der Waals surface area contributed by atoms with Crippen molar-refractivity contribution in [3.8, 4) is 11.3 Å². The van der Waals surface area contributed by atoms with E-state index in [-0.39, 0.29) is 17.6 Å². The van der Waals surface area contributed by atoms with Crippen molar-refractivity contribution in [2.45, 2.75) is 12.8 Å². The molecule has 0 aliphatic carbocycles. The minimum absolute atomic E-state index is 0.0134. The Bertz CT molecular complexity index is 1000.